The van der Waals surface area contributed by atoms with Crippen molar-refractivity contribution in [2.45, 2.75) is 12.4 Å². The molecule has 9 heteroatoms. The second kappa shape index (κ2) is 4.73. The number of rotatable bonds is 2. The van der Waals surface area contributed by atoms with Crippen molar-refractivity contribution in [3.63, 3.8) is 0 Å². The van der Waals surface area contributed by atoms with Gasteiger partial charge < -0.3 is 9.15 Å². The van der Waals surface area contributed by atoms with Crippen LogP contribution in [0.15, 0.2) is 35.1 Å². The van der Waals surface area contributed by atoms with Crippen LogP contribution in [0.1, 0.15) is 11.1 Å². The smallest absolute Gasteiger partial charge is 0.417 e. The van der Waals surface area contributed by atoms with Gasteiger partial charge in [-0.3, -0.25) is 0 Å². The fourth-order valence-electron chi connectivity index (χ4n) is 1.43. The largest absolute Gasteiger partial charge is 0.417 e. The van der Waals surface area contributed by atoms with Crippen LogP contribution in [-0.2, 0) is 12.4 Å². The second-order valence-corrected chi connectivity index (χ2v) is 3.60. The molecule has 0 N–H and O–H groups in total. The van der Waals surface area contributed by atoms with E-state index in [1.165, 1.54) is 6.20 Å². The van der Waals surface area contributed by atoms with Gasteiger partial charge in [0.2, 0.25) is 0 Å². The quantitative estimate of drug-likeness (QED) is 0.765. The van der Waals surface area contributed by atoms with Crippen molar-refractivity contribution in [2.75, 3.05) is 0 Å². The average Bonchev–Trinajstić information content (AvgIpc) is 2.79. The monoisotopic (exact) mass is 297 g/mol. The molecule has 0 saturated carbocycles. The molecule has 0 bridgehead atoms. The summed E-state index contributed by atoms with van der Waals surface area (Å²) in [5.41, 5.74) is -3.63. The van der Waals surface area contributed by atoms with Gasteiger partial charge in [0, 0.05) is 0 Å². The second-order valence-electron chi connectivity index (χ2n) is 3.60. The Morgan fingerprint density at radius 3 is 2.10 bits per heavy atom. The molecule has 1 aromatic carbocycles. The van der Waals surface area contributed by atoms with Crippen LogP contribution < -0.4 is 4.74 Å². The number of hydrogen-bond acceptors (Lipinski definition) is 3. The van der Waals surface area contributed by atoms with Crippen molar-refractivity contribution in [3.05, 3.63) is 41.8 Å². The molecule has 0 spiro atoms. The van der Waals surface area contributed by atoms with Gasteiger partial charge in [-0.05, 0) is 18.2 Å². The lowest BCUT2D eigenvalue weighted by atomic mass is 10.1. The molecule has 20 heavy (non-hydrogen) atoms. The summed E-state index contributed by atoms with van der Waals surface area (Å²) in [5.74, 6) is -0.465. The van der Waals surface area contributed by atoms with E-state index in [4.69, 9.17) is 4.74 Å². The van der Waals surface area contributed by atoms with Gasteiger partial charge in [0.1, 0.15) is 12.0 Å². The van der Waals surface area contributed by atoms with Crippen molar-refractivity contribution in [1.82, 2.24) is 4.98 Å². The molecule has 3 nitrogen and oxygen atoms in total. The molecule has 0 saturated heterocycles. The lowest BCUT2D eigenvalue weighted by Gasteiger charge is -2.16. The van der Waals surface area contributed by atoms with Crippen molar-refractivity contribution in [3.8, 4) is 11.8 Å². The molecule has 0 aliphatic rings. The first kappa shape index (κ1) is 14.2. The molecule has 0 fully saturated rings. The van der Waals surface area contributed by atoms with Gasteiger partial charge in [0.25, 0.3) is 0 Å². The maximum atomic E-state index is 12.6. The minimum Gasteiger partial charge on any atom is -0.417 e. The lowest BCUT2D eigenvalue weighted by Crippen LogP contribution is -2.16. The van der Waals surface area contributed by atoms with Crippen LogP contribution in [0.3, 0.4) is 0 Å². The highest BCUT2D eigenvalue weighted by Gasteiger charge is 2.43. The van der Waals surface area contributed by atoms with Gasteiger partial charge in [-0.25, -0.2) is 0 Å². The van der Waals surface area contributed by atoms with Crippen LogP contribution in [0.5, 0.6) is 11.8 Å². The number of aromatic nitrogens is 1. The van der Waals surface area contributed by atoms with Crippen LogP contribution >= 0.6 is 0 Å². The van der Waals surface area contributed by atoms with E-state index < -0.39 is 29.2 Å². The maximum Gasteiger partial charge on any atom is 0.417 e. The van der Waals surface area contributed by atoms with Crippen LogP contribution in [0.25, 0.3) is 0 Å². The molecule has 1 heterocycles. The summed E-state index contributed by atoms with van der Waals surface area (Å²) in [4.78, 5) is 3.48. The summed E-state index contributed by atoms with van der Waals surface area (Å²) >= 11 is 0. The normalized spacial score (nSPS) is 12.5. The van der Waals surface area contributed by atoms with Crippen molar-refractivity contribution < 1.29 is 35.5 Å². The average molecular weight is 297 g/mol. The minimum absolute atomic E-state index is 0.243. The third-order valence-corrected chi connectivity index (χ3v) is 2.22. The first-order valence-electron chi connectivity index (χ1n) is 5.04. The predicted octanol–water partition coefficient (Wildman–Crippen LogP) is 4.50. The summed E-state index contributed by atoms with van der Waals surface area (Å²) in [6, 6.07) is 1.29. The first-order valence-corrected chi connectivity index (χ1v) is 5.04. The highest BCUT2D eigenvalue weighted by atomic mass is 19.4. The number of nitrogens with zero attached hydrogens (tertiary/aromatic N) is 1. The standard InChI is InChI=1S/C11H5F6NO2/c12-10(13,14)7-2-1-6(5-8(7)11(15,16)17)20-9-18-3-4-19-9/h1-5H. The number of ether oxygens (including phenoxy) is 1. The molecular weight excluding hydrogens is 292 g/mol. The van der Waals surface area contributed by atoms with Crippen LogP contribution in [0, 0.1) is 0 Å². The zero-order valence-corrected chi connectivity index (χ0v) is 9.42. The summed E-state index contributed by atoms with van der Waals surface area (Å²) in [5, 5.41) is 0. The third-order valence-electron chi connectivity index (χ3n) is 2.22. The highest BCUT2D eigenvalue weighted by Crippen LogP contribution is 2.42. The Hall–Kier alpha value is -2.19. The predicted molar refractivity (Wildman–Crippen MR) is 53.0 cm³/mol. The lowest BCUT2D eigenvalue weighted by molar-refractivity contribution is -0.162. The highest BCUT2D eigenvalue weighted by molar-refractivity contribution is 5.39. The number of benzene rings is 1. The van der Waals surface area contributed by atoms with Gasteiger partial charge in [-0.2, -0.15) is 31.3 Å². The zero-order valence-electron chi connectivity index (χ0n) is 9.42. The number of hydrogen-bond donors (Lipinski definition) is 0. The van der Waals surface area contributed by atoms with Crippen molar-refractivity contribution in [2.24, 2.45) is 0 Å². The molecule has 2 rings (SSSR count). The van der Waals surface area contributed by atoms with E-state index in [-0.39, 0.29) is 12.1 Å². The molecule has 0 radical (unpaired) electrons. The van der Waals surface area contributed by atoms with E-state index in [9.17, 15) is 26.3 Å². The Balaban J connectivity index is 2.44. The Morgan fingerprint density at radius 2 is 1.60 bits per heavy atom. The fourth-order valence-corrected chi connectivity index (χ4v) is 1.43. The van der Waals surface area contributed by atoms with E-state index in [2.05, 4.69) is 9.40 Å². The van der Waals surface area contributed by atoms with E-state index in [1.54, 1.807) is 0 Å². The molecule has 0 aliphatic heterocycles. The van der Waals surface area contributed by atoms with E-state index in [0.717, 1.165) is 12.3 Å². The summed E-state index contributed by atoms with van der Waals surface area (Å²) in [6.07, 6.45) is -8.39. The fraction of sp³-hybridized carbons (Fsp3) is 0.182. The molecule has 0 unspecified atom stereocenters. The van der Waals surface area contributed by atoms with Gasteiger partial charge >= 0.3 is 18.4 Å². The molecule has 0 aliphatic carbocycles. The summed E-state index contributed by atoms with van der Waals surface area (Å²) < 4.78 is 84.9. The molecule has 0 amide bonds. The van der Waals surface area contributed by atoms with Gasteiger partial charge in [0.05, 0.1) is 17.3 Å². The maximum absolute atomic E-state index is 12.6. The Bertz CT molecular complexity index is 588. The molecule has 108 valence electrons. The van der Waals surface area contributed by atoms with E-state index in [0.29, 0.717) is 6.07 Å². The molecule has 0 atom stereocenters. The minimum atomic E-state index is -5.17. The summed E-state index contributed by atoms with van der Waals surface area (Å²) in [7, 11) is 0. The van der Waals surface area contributed by atoms with Gasteiger partial charge in [-0.1, -0.05) is 0 Å². The Morgan fingerprint density at radius 1 is 0.950 bits per heavy atom. The molecule has 1 aromatic heterocycles. The topological polar surface area (TPSA) is 35.3 Å². The van der Waals surface area contributed by atoms with Crippen LogP contribution in [-0.4, -0.2) is 4.98 Å². The van der Waals surface area contributed by atoms with E-state index in [1.807, 2.05) is 0 Å². The van der Waals surface area contributed by atoms with Crippen LogP contribution in [0.2, 0.25) is 0 Å². The first-order chi connectivity index (χ1) is 9.18. The molecule has 2 aromatic rings. The number of halogens is 6. The zero-order chi connectivity index (χ0) is 15.0. The van der Waals surface area contributed by atoms with Crippen molar-refractivity contribution >= 4 is 0 Å². The third kappa shape index (κ3) is 3.03. The van der Waals surface area contributed by atoms with E-state index >= 15 is 0 Å². The Labute approximate surface area is 107 Å². The van der Waals surface area contributed by atoms with Crippen molar-refractivity contribution in [1.29, 1.82) is 0 Å². The van der Waals surface area contributed by atoms with Gasteiger partial charge in [0.15, 0.2) is 0 Å². The number of oxazole rings is 1. The Kier molecular flexibility index (Phi) is 3.36. The molecular formula is C11H5F6NO2. The van der Waals surface area contributed by atoms with Gasteiger partial charge in [-0.15, -0.1) is 0 Å². The number of alkyl halides is 6. The SMILES string of the molecule is FC(F)(F)c1ccc(Oc2ncco2)cc1C(F)(F)F. The van der Waals surface area contributed by atoms with Crippen LogP contribution in [0.4, 0.5) is 26.3 Å². The summed E-state index contributed by atoms with van der Waals surface area (Å²) in [6.45, 7) is 0.